The Kier molecular flexibility index (Phi) is 5.35. The Balaban J connectivity index is 1.51. The minimum absolute atomic E-state index is 0.0337. The molecular weight excluding hydrogens is 432 g/mol. The summed E-state index contributed by atoms with van der Waals surface area (Å²) in [5.41, 5.74) is 2.28. The van der Waals surface area contributed by atoms with E-state index in [1.165, 1.54) is 5.56 Å². The van der Waals surface area contributed by atoms with Crippen molar-refractivity contribution < 1.29 is 9.53 Å². The molecule has 2 aromatic heterocycles. The first-order chi connectivity index (χ1) is 16.2. The molecule has 1 atom stereocenters. The fraction of sp³-hybridized carbons (Fsp3) is 0.500. The van der Waals surface area contributed by atoms with E-state index >= 15 is 0 Å². The zero-order valence-corrected chi connectivity index (χ0v) is 19.9. The number of ether oxygens (including phenoxy) is 1. The van der Waals surface area contributed by atoms with Gasteiger partial charge in [-0.15, -0.1) is 5.10 Å². The van der Waals surface area contributed by atoms with Gasteiger partial charge in [0.2, 0.25) is 0 Å². The number of rotatable bonds is 3. The van der Waals surface area contributed by atoms with Crippen LogP contribution in [0.1, 0.15) is 57.8 Å². The van der Waals surface area contributed by atoms with E-state index in [-0.39, 0.29) is 18.0 Å². The van der Waals surface area contributed by atoms with Crippen LogP contribution in [0.2, 0.25) is 0 Å². The van der Waals surface area contributed by atoms with Gasteiger partial charge in [0.15, 0.2) is 5.82 Å². The number of aromatic nitrogens is 5. The summed E-state index contributed by atoms with van der Waals surface area (Å²) in [6.07, 6.45) is 3.58. The Hall–Kier alpha value is -3.74. The number of aromatic amines is 1. The second-order valence-electron chi connectivity index (χ2n) is 9.99. The van der Waals surface area contributed by atoms with Gasteiger partial charge in [0.25, 0.3) is 5.82 Å². The fourth-order valence-corrected chi connectivity index (χ4v) is 4.52. The zero-order chi connectivity index (χ0) is 24.0. The van der Waals surface area contributed by atoms with Crippen molar-refractivity contribution in [3.05, 3.63) is 29.8 Å². The molecule has 1 N–H and O–H groups in total. The Labute approximate surface area is 198 Å². The van der Waals surface area contributed by atoms with E-state index in [0.29, 0.717) is 31.4 Å². The first kappa shape index (κ1) is 22.1. The third kappa shape index (κ3) is 4.14. The molecule has 1 aromatic carbocycles. The molecular formula is C24H28N8O2. The molecule has 1 aliphatic heterocycles. The lowest BCUT2D eigenvalue weighted by molar-refractivity contribution is 0.0159. The van der Waals surface area contributed by atoms with Gasteiger partial charge < -0.3 is 14.5 Å². The average Bonchev–Trinajstić information content (AvgIpc) is 3.53. The first-order valence-corrected chi connectivity index (χ1v) is 11.6. The van der Waals surface area contributed by atoms with Crippen LogP contribution in [0.4, 0.5) is 10.6 Å². The molecule has 3 heterocycles. The van der Waals surface area contributed by atoms with Gasteiger partial charge in [-0.25, -0.2) is 14.8 Å². The van der Waals surface area contributed by atoms with Crippen molar-refractivity contribution in [1.82, 2.24) is 30.0 Å². The van der Waals surface area contributed by atoms with Crippen molar-refractivity contribution >= 4 is 22.8 Å². The van der Waals surface area contributed by atoms with E-state index in [9.17, 15) is 4.79 Å². The van der Waals surface area contributed by atoms with Gasteiger partial charge in [-0.2, -0.15) is 10.2 Å². The van der Waals surface area contributed by atoms with Gasteiger partial charge in [0, 0.05) is 36.6 Å². The maximum Gasteiger partial charge on any atom is 0.410 e. The van der Waals surface area contributed by atoms with Crippen molar-refractivity contribution in [1.29, 1.82) is 5.26 Å². The molecule has 1 unspecified atom stereocenters. The summed E-state index contributed by atoms with van der Waals surface area (Å²) in [4.78, 5) is 30.3. The Bertz CT molecular complexity index is 1280. The number of carbonyl (C=O) groups is 1. The van der Waals surface area contributed by atoms with Crippen LogP contribution in [0, 0.1) is 11.3 Å². The number of fused-ring (bicyclic) bond motifs is 1. The minimum atomic E-state index is -0.529. The first-order valence-electron chi connectivity index (χ1n) is 11.6. The highest BCUT2D eigenvalue weighted by Gasteiger charge is 2.34. The quantitative estimate of drug-likeness (QED) is 0.629. The van der Waals surface area contributed by atoms with Crippen molar-refractivity contribution in [2.24, 2.45) is 0 Å². The number of hydrogen-bond donors (Lipinski definition) is 1. The summed E-state index contributed by atoms with van der Waals surface area (Å²) >= 11 is 0. The number of benzene rings is 1. The van der Waals surface area contributed by atoms with Gasteiger partial charge in [0.1, 0.15) is 23.8 Å². The van der Waals surface area contributed by atoms with E-state index in [1.807, 2.05) is 39.8 Å². The standard InChI is InChI=1S/C24H28N8O2/c1-14-12-31(9-10-32(14)23(33)34-24(2,3)4)22-19-16(15-5-6-15)7-8-17(20(19)26-13-27-22)21-28-18(11-25)29-30-21/h7-8,13-15H,5-6,9-10,12H2,1-4H3,(H,28,29,30). The lowest BCUT2D eigenvalue weighted by Crippen LogP contribution is -2.55. The maximum absolute atomic E-state index is 12.7. The monoisotopic (exact) mass is 460 g/mol. The number of nitriles is 1. The number of anilines is 1. The smallest absolute Gasteiger partial charge is 0.410 e. The molecule has 1 amide bonds. The number of piperazine rings is 1. The molecule has 0 radical (unpaired) electrons. The number of H-pyrrole nitrogens is 1. The van der Waals surface area contributed by atoms with Crippen molar-refractivity contribution in [2.45, 2.75) is 58.1 Å². The summed E-state index contributed by atoms with van der Waals surface area (Å²) in [7, 11) is 0. The molecule has 10 heteroatoms. The van der Waals surface area contributed by atoms with Crippen molar-refractivity contribution in [3.63, 3.8) is 0 Å². The molecule has 1 aliphatic carbocycles. The highest BCUT2D eigenvalue weighted by molar-refractivity contribution is 6.01. The van der Waals surface area contributed by atoms with Crippen LogP contribution in [-0.4, -0.2) is 67.4 Å². The Morgan fingerprint density at radius 3 is 2.68 bits per heavy atom. The Morgan fingerprint density at radius 2 is 2.03 bits per heavy atom. The highest BCUT2D eigenvalue weighted by Crippen LogP contribution is 2.46. The third-order valence-corrected chi connectivity index (χ3v) is 6.21. The zero-order valence-electron chi connectivity index (χ0n) is 19.9. The van der Waals surface area contributed by atoms with Gasteiger partial charge >= 0.3 is 6.09 Å². The number of nitrogens with one attached hydrogen (secondary N) is 1. The van der Waals surface area contributed by atoms with Crippen molar-refractivity contribution in [2.75, 3.05) is 24.5 Å². The molecule has 5 rings (SSSR count). The molecule has 2 aliphatic rings. The number of hydrogen-bond acceptors (Lipinski definition) is 8. The number of carbonyl (C=O) groups excluding carboxylic acids is 1. The lowest BCUT2D eigenvalue weighted by Gasteiger charge is -2.41. The number of nitrogens with zero attached hydrogens (tertiary/aromatic N) is 7. The molecule has 0 bridgehead atoms. The molecule has 10 nitrogen and oxygen atoms in total. The summed E-state index contributed by atoms with van der Waals surface area (Å²) < 4.78 is 5.60. The molecule has 3 aromatic rings. The number of amides is 1. The van der Waals surface area contributed by atoms with E-state index in [2.05, 4.69) is 31.1 Å². The van der Waals surface area contributed by atoms with E-state index in [0.717, 1.165) is 35.1 Å². The SMILES string of the molecule is CC1CN(c2ncnc3c(-c4nc(C#N)n[nH]4)ccc(C4CC4)c23)CCN1C(=O)OC(C)(C)C. The fourth-order valence-electron chi connectivity index (χ4n) is 4.52. The molecule has 0 spiro atoms. The second kappa shape index (κ2) is 8.24. The predicted octanol–water partition coefficient (Wildman–Crippen LogP) is 3.61. The van der Waals surface area contributed by atoms with Gasteiger partial charge in [0.05, 0.1) is 5.52 Å². The van der Waals surface area contributed by atoms with E-state index in [4.69, 9.17) is 15.0 Å². The van der Waals surface area contributed by atoms with Crippen LogP contribution in [0.15, 0.2) is 18.5 Å². The Morgan fingerprint density at radius 1 is 1.24 bits per heavy atom. The van der Waals surface area contributed by atoms with Crippen LogP contribution in [0.25, 0.3) is 22.3 Å². The molecule has 176 valence electrons. The third-order valence-electron chi connectivity index (χ3n) is 6.21. The normalized spacial score (nSPS) is 18.7. The summed E-state index contributed by atoms with van der Waals surface area (Å²) in [5, 5.41) is 17.0. The summed E-state index contributed by atoms with van der Waals surface area (Å²) in [6, 6.07) is 6.05. The van der Waals surface area contributed by atoms with Gasteiger partial charge in [-0.05, 0) is 58.1 Å². The van der Waals surface area contributed by atoms with E-state index in [1.54, 1.807) is 11.2 Å². The van der Waals surface area contributed by atoms with Crippen molar-refractivity contribution in [3.8, 4) is 17.5 Å². The molecule has 2 fully saturated rings. The average molecular weight is 461 g/mol. The minimum Gasteiger partial charge on any atom is -0.444 e. The van der Waals surface area contributed by atoms with Gasteiger partial charge in [-0.1, -0.05) is 6.07 Å². The van der Waals surface area contributed by atoms with Crippen LogP contribution in [0.3, 0.4) is 0 Å². The topological polar surface area (TPSA) is 124 Å². The maximum atomic E-state index is 12.7. The second-order valence-corrected chi connectivity index (χ2v) is 9.99. The summed E-state index contributed by atoms with van der Waals surface area (Å²) in [5.74, 6) is 1.96. The highest BCUT2D eigenvalue weighted by atomic mass is 16.6. The van der Waals surface area contributed by atoms with Crippen LogP contribution in [-0.2, 0) is 4.74 Å². The van der Waals surface area contributed by atoms with Crippen LogP contribution >= 0.6 is 0 Å². The molecule has 34 heavy (non-hydrogen) atoms. The van der Waals surface area contributed by atoms with Crippen LogP contribution in [0.5, 0.6) is 0 Å². The predicted molar refractivity (Wildman–Crippen MR) is 126 cm³/mol. The molecule has 1 saturated carbocycles. The van der Waals surface area contributed by atoms with Gasteiger partial charge in [-0.3, -0.25) is 5.10 Å². The summed E-state index contributed by atoms with van der Waals surface area (Å²) in [6.45, 7) is 9.50. The molecule has 1 saturated heterocycles. The van der Waals surface area contributed by atoms with E-state index < -0.39 is 5.60 Å². The van der Waals surface area contributed by atoms with Crippen LogP contribution < -0.4 is 4.90 Å². The lowest BCUT2D eigenvalue weighted by atomic mass is 9.99. The largest absolute Gasteiger partial charge is 0.444 e.